The summed E-state index contributed by atoms with van der Waals surface area (Å²) < 4.78 is 5.25. The van der Waals surface area contributed by atoms with Crippen molar-refractivity contribution in [1.82, 2.24) is 0 Å². The van der Waals surface area contributed by atoms with Gasteiger partial charge in [0.05, 0.1) is 0 Å². The average Bonchev–Trinajstić information content (AvgIpc) is 2.11. The Labute approximate surface area is 76.8 Å². The summed E-state index contributed by atoms with van der Waals surface area (Å²) in [5.74, 6) is 0.704. The summed E-state index contributed by atoms with van der Waals surface area (Å²) in [7, 11) is 0. The van der Waals surface area contributed by atoms with Gasteiger partial charge in [-0.2, -0.15) is 0 Å². The highest BCUT2D eigenvalue weighted by Crippen LogP contribution is 2.21. The largest absolute Gasteiger partial charge is 0.461 e. The zero-order valence-corrected chi connectivity index (χ0v) is 7.05. The van der Waals surface area contributed by atoms with Gasteiger partial charge in [0.1, 0.15) is 5.75 Å². The van der Waals surface area contributed by atoms with Crippen molar-refractivity contribution in [2.45, 2.75) is 6.29 Å². The van der Waals surface area contributed by atoms with Crippen LogP contribution in [0.1, 0.15) is 5.56 Å². The summed E-state index contributed by atoms with van der Waals surface area (Å²) in [4.78, 5) is 0. The van der Waals surface area contributed by atoms with E-state index >= 15 is 0 Å². The van der Waals surface area contributed by atoms with E-state index in [1.54, 1.807) is 12.2 Å². The maximum atomic E-state index is 9.32. The number of benzene rings is 1. The van der Waals surface area contributed by atoms with E-state index in [4.69, 9.17) is 4.74 Å². The third kappa shape index (κ3) is 1.79. The van der Waals surface area contributed by atoms with Crippen LogP contribution in [-0.4, -0.2) is 11.4 Å². The van der Waals surface area contributed by atoms with Crippen LogP contribution in [0.25, 0.3) is 6.08 Å². The molecule has 2 rings (SSSR count). The molecular formula is C11H10O2. The number of allylic oxidation sites excluding steroid dienone is 2. The highest BCUT2D eigenvalue weighted by atomic mass is 16.6. The van der Waals surface area contributed by atoms with Crippen LogP contribution in [-0.2, 0) is 0 Å². The lowest BCUT2D eigenvalue weighted by Crippen LogP contribution is -2.12. The van der Waals surface area contributed by atoms with Gasteiger partial charge in [-0.3, -0.25) is 0 Å². The first kappa shape index (κ1) is 8.08. The molecule has 1 aliphatic heterocycles. The summed E-state index contributed by atoms with van der Waals surface area (Å²) in [6.45, 7) is 0. The molecule has 0 radical (unpaired) electrons. The zero-order valence-electron chi connectivity index (χ0n) is 7.05. The van der Waals surface area contributed by atoms with Crippen molar-refractivity contribution in [2.75, 3.05) is 0 Å². The lowest BCUT2D eigenvalue weighted by Gasteiger charge is -2.13. The highest BCUT2D eigenvalue weighted by molar-refractivity contribution is 5.58. The smallest absolute Gasteiger partial charge is 0.217 e. The topological polar surface area (TPSA) is 29.5 Å². The van der Waals surface area contributed by atoms with Crippen LogP contribution < -0.4 is 4.74 Å². The van der Waals surface area contributed by atoms with Crippen molar-refractivity contribution in [3.8, 4) is 5.75 Å². The molecule has 2 nitrogen and oxygen atoms in total. The first-order valence-corrected chi connectivity index (χ1v) is 4.15. The third-order valence-corrected chi connectivity index (χ3v) is 1.83. The summed E-state index contributed by atoms with van der Waals surface area (Å²) in [6.07, 6.45) is 6.32. The van der Waals surface area contributed by atoms with Gasteiger partial charge in [0.25, 0.3) is 0 Å². The van der Waals surface area contributed by atoms with E-state index in [1.165, 1.54) is 0 Å². The Morgan fingerprint density at radius 3 is 2.92 bits per heavy atom. The van der Waals surface area contributed by atoms with Gasteiger partial charge in [-0.05, 0) is 12.1 Å². The van der Waals surface area contributed by atoms with Crippen molar-refractivity contribution in [3.05, 3.63) is 48.1 Å². The van der Waals surface area contributed by atoms with Crippen molar-refractivity contribution in [1.29, 1.82) is 0 Å². The molecule has 1 aromatic carbocycles. The molecule has 13 heavy (non-hydrogen) atoms. The third-order valence-electron chi connectivity index (χ3n) is 1.83. The molecule has 1 aliphatic rings. The Morgan fingerprint density at radius 2 is 2.00 bits per heavy atom. The zero-order chi connectivity index (χ0) is 9.10. The van der Waals surface area contributed by atoms with Crippen LogP contribution in [0, 0.1) is 0 Å². The Bertz CT molecular complexity index is 353. The summed E-state index contributed by atoms with van der Waals surface area (Å²) >= 11 is 0. The van der Waals surface area contributed by atoms with E-state index < -0.39 is 6.29 Å². The van der Waals surface area contributed by atoms with E-state index in [9.17, 15) is 5.11 Å². The van der Waals surface area contributed by atoms with Gasteiger partial charge in [-0.15, -0.1) is 0 Å². The molecular weight excluding hydrogens is 164 g/mol. The molecule has 1 unspecified atom stereocenters. The standard InChI is InChI=1S/C11H10O2/c12-11-8-4-2-6-9-5-1-3-7-10(9)13-11/h1-8,11-12H. The molecule has 66 valence electrons. The SMILES string of the molecule is OC1C=CC=Cc2ccccc2O1. The summed E-state index contributed by atoms with van der Waals surface area (Å²) in [5.41, 5.74) is 0.978. The minimum Gasteiger partial charge on any atom is -0.461 e. The lowest BCUT2D eigenvalue weighted by atomic mass is 10.1. The molecule has 0 bridgehead atoms. The van der Waals surface area contributed by atoms with Crippen LogP contribution in [0.4, 0.5) is 0 Å². The van der Waals surface area contributed by atoms with E-state index in [0.29, 0.717) is 5.75 Å². The Hall–Kier alpha value is -1.54. The fraction of sp³-hybridized carbons (Fsp3) is 0.0909. The van der Waals surface area contributed by atoms with Crippen LogP contribution in [0.15, 0.2) is 42.5 Å². The van der Waals surface area contributed by atoms with Crippen LogP contribution in [0.3, 0.4) is 0 Å². The number of rotatable bonds is 0. The van der Waals surface area contributed by atoms with Gasteiger partial charge in [-0.1, -0.05) is 36.4 Å². The van der Waals surface area contributed by atoms with E-state index in [2.05, 4.69) is 0 Å². The minimum absolute atomic E-state index is 0.704. The van der Waals surface area contributed by atoms with Gasteiger partial charge in [-0.25, -0.2) is 0 Å². The second-order valence-corrected chi connectivity index (χ2v) is 2.79. The van der Waals surface area contributed by atoms with Gasteiger partial charge in [0.2, 0.25) is 6.29 Å². The fourth-order valence-electron chi connectivity index (χ4n) is 1.21. The number of aliphatic hydroxyl groups excluding tert-OH is 1. The Morgan fingerprint density at radius 1 is 1.15 bits per heavy atom. The number of hydrogen-bond donors (Lipinski definition) is 1. The Kier molecular flexibility index (Phi) is 2.15. The highest BCUT2D eigenvalue weighted by Gasteiger charge is 2.05. The molecule has 0 saturated carbocycles. The second kappa shape index (κ2) is 3.46. The molecule has 0 fully saturated rings. The van der Waals surface area contributed by atoms with Crippen LogP contribution in [0.2, 0.25) is 0 Å². The van der Waals surface area contributed by atoms with Crippen LogP contribution in [0.5, 0.6) is 5.75 Å². The molecule has 0 aliphatic carbocycles. The molecule has 0 aromatic heterocycles. The number of para-hydroxylation sites is 1. The first-order chi connectivity index (χ1) is 6.36. The number of fused-ring (bicyclic) bond motifs is 1. The number of ether oxygens (including phenoxy) is 1. The monoisotopic (exact) mass is 174 g/mol. The summed E-state index contributed by atoms with van der Waals surface area (Å²) in [5, 5.41) is 9.32. The van der Waals surface area contributed by atoms with Gasteiger partial charge in [0.15, 0.2) is 0 Å². The molecule has 2 heteroatoms. The quantitative estimate of drug-likeness (QED) is 0.651. The summed E-state index contributed by atoms with van der Waals surface area (Å²) in [6, 6.07) is 7.59. The van der Waals surface area contributed by atoms with Crippen LogP contribution >= 0.6 is 0 Å². The fourth-order valence-corrected chi connectivity index (χ4v) is 1.21. The normalized spacial score (nSPS) is 19.9. The predicted octanol–water partition coefficient (Wildman–Crippen LogP) is 1.97. The maximum absolute atomic E-state index is 9.32. The Balaban J connectivity index is 2.43. The maximum Gasteiger partial charge on any atom is 0.217 e. The van der Waals surface area contributed by atoms with Crippen molar-refractivity contribution >= 4 is 6.08 Å². The van der Waals surface area contributed by atoms with E-state index in [0.717, 1.165) is 5.56 Å². The minimum atomic E-state index is -0.855. The molecule has 0 spiro atoms. The van der Waals surface area contributed by atoms with Crippen molar-refractivity contribution < 1.29 is 9.84 Å². The molecule has 1 aromatic rings. The molecule has 1 heterocycles. The molecule has 0 saturated heterocycles. The molecule has 1 atom stereocenters. The number of aliphatic hydroxyl groups is 1. The predicted molar refractivity (Wildman–Crippen MR) is 51.3 cm³/mol. The molecule has 0 amide bonds. The van der Waals surface area contributed by atoms with Gasteiger partial charge in [0, 0.05) is 5.56 Å². The van der Waals surface area contributed by atoms with E-state index in [-0.39, 0.29) is 0 Å². The van der Waals surface area contributed by atoms with E-state index in [1.807, 2.05) is 36.4 Å². The first-order valence-electron chi connectivity index (χ1n) is 4.15. The molecule has 1 N–H and O–H groups in total. The van der Waals surface area contributed by atoms with Crippen molar-refractivity contribution in [3.63, 3.8) is 0 Å². The second-order valence-electron chi connectivity index (χ2n) is 2.79. The van der Waals surface area contributed by atoms with Gasteiger partial charge >= 0.3 is 0 Å². The average molecular weight is 174 g/mol. The van der Waals surface area contributed by atoms with Gasteiger partial charge < -0.3 is 9.84 Å². The van der Waals surface area contributed by atoms with Crippen molar-refractivity contribution in [2.24, 2.45) is 0 Å². The number of hydrogen-bond acceptors (Lipinski definition) is 2. The lowest BCUT2D eigenvalue weighted by molar-refractivity contribution is 0.0245.